The van der Waals surface area contributed by atoms with Crippen LogP contribution in [0.1, 0.15) is 30.8 Å². The Morgan fingerprint density at radius 1 is 1.32 bits per heavy atom. The summed E-state index contributed by atoms with van der Waals surface area (Å²) in [7, 11) is 0. The minimum atomic E-state index is 0.698. The maximum atomic E-state index is 6.38. The van der Waals surface area contributed by atoms with E-state index in [4.69, 9.17) is 11.6 Å². The topological polar surface area (TPSA) is 29.9 Å². The van der Waals surface area contributed by atoms with Gasteiger partial charge < -0.3 is 5.32 Å². The first kappa shape index (κ1) is 13.9. The third-order valence-corrected chi connectivity index (χ3v) is 3.61. The Kier molecular flexibility index (Phi) is 4.48. The van der Waals surface area contributed by atoms with Gasteiger partial charge in [-0.2, -0.15) is 5.10 Å². The molecule has 0 unspecified atom stereocenters. The molecule has 3 nitrogen and oxygen atoms in total. The number of aromatic nitrogens is 2. The van der Waals surface area contributed by atoms with Gasteiger partial charge in [-0.25, -0.2) is 0 Å². The first-order chi connectivity index (χ1) is 9.15. The molecule has 1 aromatic heterocycles. The fourth-order valence-corrected chi connectivity index (χ4v) is 2.46. The van der Waals surface area contributed by atoms with E-state index in [0.29, 0.717) is 6.54 Å². The largest absolute Gasteiger partial charge is 0.379 e. The molecule has 0 spiro atoms. The Morgan fingerprint density at radius 2 is 2.11 bits per heavy atom. The molecule has 2 rings (SSSR count). The summed E-state index contributed by atoms with van der Waals surface area (Å²) in [6.45, 7) is 7.78. The summed E-state index contributed by atoms with van der Waals surface area (Å²) in [5.41, 5.74) is 4.39. The maximum Gasteiger partial charge on any atom is 0.0868 e. The van der Waals surface area contributed by atoms with Crippen molar-refractivity contribution < 1.29 is 0 Å². The zero-order valence-corrected chi connectivity index (χ0v) is 12.5. The molecule has 0 bridgehead atoms. The predicted octanol–water partition coefficient (Wildman–Crippen LogP) is 4.04. The van der Waals surface area contributed by atoms with Crippen molar-refractivity contribution in [3.63, 3.8) is 0 Å². The van der Waals surface area contributed by atoms with Crippen molar-refractivity contribution >= 4 is 17.3 Å². The molecule has 102 valence electrons. The molecule has 0 saturated carbocycles. The van der Waals surface area contributed by atoms with Gasteiger partial charge in [-0.3, -0.25) is 4.68 Å². The number of hydrogen-bond donors (Lipinski definition) is 1. The zero-order valence-electron chi connectivity index (χ0n) is 11.7. The second-order valence-electron chi connectivity index (χ2n) is 4.60. The van der Waals surface area contributed by atoms with Crippen molar-refractivity contribution in [2.45, 2.75) is 40.3 Å². The van der Waals surface area contributed by atoms with Gasteiger partial charge in [0.15, 0.2) is 0 Å². The van der Waals surface area contributed by atoms with Crippen LogP contribution in [-0.4, -0.2) is 9.78 Å². The lowest BCUT2D eigenvalue weighted by Gasteiger charge is -2.09. The van der Waals surface area contributed by atoms with Gasteiger partial charge in [0.25, 0.3) is 0 Å². The minimum absolute atomic E-state index is 0.698. The lowest BCUT2D eigenvalue weighted by molar-refractivity contribution is 0.619. The van der Waals surface area contributed by atoms with Crippen LogP contribution < -0.4 is 5.32 Å². The number of hydrogen-bond acceptors (Lipinski definition) is 2. The molecule has 4 heteroatoms. The van der Waals surface area contributed by atoms with Gasteiger partial charge in [-0.1, -0.05) is 30.7 Å². The summed E-state index contributed by atoms with van der Waals surface area (Å²) in [5.74, 6) is 0. The minimum Gasteiger partial charge on any atom is -0.379 e. The van der Waals surface area contributed by atoms with E-state index < -0.39 is 0 Å². The fraction of sp³-hybridized carbons (Fsp3) is 0.400. The number of nitrogens with one attached hydrogen (secondary N) is 1. The van der Waals surface area contributed by atoms with Crippen molar-refractivity contribution in [3.8, 4) is 0 Å². The highest BCUT2D eigenvalue weighted by molar-refractivity contribution is 6.31. The molecule has 0 amide bonds. The number of nitrogens with zero attached hydrogens (tertiary/aromatic N) is 2. The summed E-state index contributed by atoms with van der Waals surface area (Å²) in [6.07, 6.45) is 0.864. The first-order valence-corrected chi connectivity index (χ1v) is 7.08. The van der Waals surface area contributed by atoms with E-state index in [1.54, 1.807) is 0 Å². The van der Waals surface area contributed by atoms with Gasteiger partial charge in [0.05, 0.1) is 23.0 Å². The summed E-state index contributed by atoms with van der Waals surface area (Å²) in [4.78, 5) is 0. The highest BCUT2D eigenvalue weighted by atomic mass is 35.5. The van der Waals surface area contributed by atoms with Crippen molar-refractivity contribution in [1.82, 2.24) is 9.78 Å². The van der Waals surface area contributed by atoms with Crippen LogP contribution in [0.25, 0.3) is 0 Å². The highest BCUT2D eigenvalue weighted by Gasteiger charge is 2.13. The van der Waals surface area contributed by atoms with Crippen LogP contribution in [-0.2, 0) is 19.5 Å². The molecule has 1 N–H and O–H groups in total. The monoisotopic (exact) mass is 277 g/mol. The Bertz CT molecular complexity index is 561. The van der Waals surface area contributed by atoms with E-state index in [1.807, 2.05) is 10.7 Å². The summed E-state index contributed by atoms with van der Waals surface area (Å²) >= 11 is 6.38. The Labute approximate surface area is 119 Å². The van der Waals surface area contributed by atoms with E-state index >= 15 is 0 Å². The summed E-state index contributed by atoms with van der Waals surface area (Å²) in [6, 6.07) is 8.33. The van der Waals surface area contributed by atoms with Gasteiger partial charge in [-0.15, -0.1) is 0 Å². The number of halogens is 1. The Balaban J connectivity index is 2.17. The highest BCUT2D eigenvalue weighted by Crippen LogP contribution is 2.22. The molecule has 0 saturated heterocycles. The van der Waals surface area contributed by atoms with E-state index in [1.165, 1.54) is 5.56 Å². The molecule has 0 radical (unpaired) electrons. The molecule has 0 atom stereocenters. The third-order valence-electron chi connectivity index (χ3n) is 3.17. The van der Waals surface area contributed by atoms with Crippen LogP contribution in [0.5, 0.6) is 0 Å². The van der Waals surface area contributed by atoms with E-state index in [-0.39, 0.29) is 0 Å². The smallest absolute Gasteiger partial charge is 0.0868 e. The molecule has 1 aromatic carbocycles. The van der Waals surface area contributed by atoms with Gasteiger partial charge in [0.1, 0.15) is 0 Å². The Hall–Kier alpha value is -1.48. The molecule has 0 aliphatic rings. The third kappa shape index (κ3) is 3.10. The van der Waals surface area contributed by atoms with Gasteiger partial charge >= 0.3 is 0 Å². The number of rotatable bonds is 5. The molecular formula is C15H20ClN3. The maximum absolute atomic E-state index is 6.38. The second-order valence-corrected chi connectivity index (χ2v) is 4.98. The predicted molar refractivity (Wildman–Crippen MR) is 80.8 cm³/mol. The van der Waals surface area contributed by atoms with Crippen LogP contribution in [0, 0.1) is 6.92 Å². The van der Waals surface area contributed by atoms with E-state index in [2.05, 4.69) is 49.4 Å². The normalized spacial score (nSPS) is 10.7. The van der Waals surface area contributed by atoms with Gasteiger partial charge in [-0.05, 0) is 38.0 Å². The molecule has 2 aromatic rings. The SMILES string of the molecule is CCc1nn(CC)c(CNc2cccc(C)c2)c1Cl. The number of anilines is 1. The first-order valence-electron chi connectivity index (χ1n) is 6.70. The van der Waals surface area contributed by atoms with Crippen molar-refractivity contribution in [2.24, 2.45) is 0 Å². The quantitative estimate of drug-likeness (QED) is 0.894. The van der Waals surface area contributed by atoms with Crippen LogP contribution in [0.15, 0.2) is 24.3 Å². The van der Waals surface area contributed by atoms with Gasteiger partial charge in [0.2, 0.25) is 0 Å². The fourth-order valence-electron chi connectivity index (χ4n) is 2.13. The number of benzene rings is 1. The molecular weight excluding hydrogens is 258 g/mol. The zero-order chi connectivity index (χ0) is 13.8. The Morgan fingerprint density at radius 3 is 2.74 bits per heavy atom. The van der Waals surface area contributed by atoms with Crippen molar-refractivity contribution in [3.05, 3.63) is 46.2 Å². The number of aryl methyl sites for hydroxylation is 3. The van der Waals surface area contributed by atoms with E-state index in [0.717, 1.165) is 35.1 Å². The van der Waals surface area contributed by atoms with Crippen LogP contribution in [0.3, 0.4) is 0 Å². The van der Waals surface area contributed by atoms with Crippen LogP contribution >= 0.6 is 11.6 Å². The summed E-state index contributed by atoms with van der Waals surface area (Å²) in [5, 5.41) is 8.73. The molecule has 1 heterocycles. The molecule has 19 heavy (non-hydrogen) atoms. The van der Waals surface area contributed by atoms with Crippen LogP contribution in [0.2, 0.25) is 5.02 Å². The van der Waals surface area contributed by atoms with Gasteiger partial charge in [0, 0.05) is 12.2 Å². The van der Waals surface area contributed by atoms with Crippen LogP contribution in [0.4, 0.5) is 5.69 Å². The van der Waals surface area contributed by atoms with Crippen molar-refractivity contribution in [2.75, 3.05) is 5.32 Å². The van der Waals surface area contributed by atoms with E-state index in [9.17, 15) is 0 Å². The molecule has 0 fully saturated rings. The lowest BCUT2D eigenvalue weighted by atomic mass is 10.2. The summed E-state index contributed by atoms with van der Waals surface area (Å²) < 4.78 is 1.98. The molecule has 0 aliphatic carbocycles. The standard InChI is InChI=1S/C15H20ClN3/c1-4-13-15(16)14(19(5-2)18-13)10-17-12-8-6-7-11(3)9-12/h6-9,17H,4-5,10H2,1-3H3. The average Bonchev–Trinajstić information content (AvgIpc) is 2.72. The average molecular weight is 278 g/mol. The van der Waals surface area contributed by atoms with Crippen molar-refractivity contribution in [1.29, 1.82) is 0 Å². The second kappa shape index (κ2) is 6.11. The lowest BCUT2D eigenvalue weighted by Crippen LogP contribution is -2.08. The molecule has 0 aliphatic heterocycles.